The molecule has 1 saturated heterocycles. The molecule has 1 aromatic rings. The summed E-state index contributed by atoms with van der Waals surface area (Å²) in [6.45, 7) is 2.89. The first kappa shape index (κ1) is 13.7. The number of hydrogen-bond donors (Lipinski definition) is 1. The highest BCUT2D eigenvalue weighted by Crippen LogP contribution is 2.20. The first-order valence-corrected chi connectivity index (χ1v) is 6.19. The molecule has 0 aromatic heterocycles. The number of hydrogen-bond acceptors (Lipinski definition) is 2. The zero-order valence-corrected chi connectivity index (χ0v) is 10.5. The van der Waals surface area contributed by atoms with Crippen molar-refractivity contribution in [2.24, 2.45) is 0 Å². The van der Waals surface area contributed by atoms with Crippen LogP contribution in [0.5, 0.6) is 0 Å². The predicted molar refractivity (Wildman–Crippen MR) is 65.2 cm³/mol. The maximum atomic E-state index is 13.5. The molecule has 104 valence electrons. The van der Waals surface area contributed by atoms with Crippen molar-refractivity contribution in [1.82, 2.24) is 4.90 Å². The smallest absolute Gasteiger partial charge is 0.244 e. The Morgan fingerprint density at radius 2 is 1.89 bits per heavy atom. The van der Waals surface area contributed by atoms with Crippen LogP contribution in [0.15, 0.2) is 12.1 Å². The van der Waals surface area contributed by atoms with Gasteiger partial charge in [-0.05, 0) is 19.8 Å². The van der Waals surface area contributed by atoms with Gasteiger partial charge in [0.15, 0.2) is 11.6 Å². The van der Waals surface area contributed by atoms with E-state index in [1.807, 2.05) is 0 Å². The van der Waals surface area contributed by atoms with Crippen LogP contribution in [0.25, 0.3) is 0 Å². The van der Waals surface area contributed by atoms with E-state index in [1.54, 1.807) is 11.8 Å². The minimum atomic E-state index is -1.27. The largest absolute Gasteiger partial charge is 0.371 e. The van der Waals surface area contributed by atoms with Crippen LogP contribution >= 0.6 is 0 Å². The van der Waals surface area contributed by atoms with Gasteiger partial charge in [-0.3, -0.25) is 4.79 Å². The molecule has 1 aliphatic heterocycles. The Morgan fingerprint density at radius 3 is 2.53 bits per heavy atom. The summed E-state index contributed by atoms with van der Waals surface area (Å²) in [7, 11) is 0. The van der Waals surface area contributed by atoms with Gasteiger partial charge in [-0.15, -0.1) is 0 Å². The van der Waals surface area contributed by atoms with Crippen LogP contribution in [0.1, 0.15) is 19.8 Å². The second-order valence-corrected chi connectivity index (χ2v) is 4.65. The quantitative estimate of drug-likeness (QED) is 0.858. The number of rotatable bonds is 3. The molecule has 0 radical (unpaired) electrons. The minimum absolute atomic E-state index is 0.193. The van der Waals surface area contributed by atoms with Gasteiger partial charge in [-0.25, -0.2) is 13.2 Å². The Balaban J connectivity index is 2.10. The van der Waals surface area contributed by atoms with Crippen molar-refractivity contribution in [1.29, 1.82) is 0 Å². The van der Waals surface area contributed by atoms with Crippen molar-refractivity contribution in [3.05, 3.63) is 29.6 Å². The third-order valence-corrected chi connectivity index (χ3v) is 3.15. The third-order valence-electron chi connectivity index (χ3n) is 3.15. The molecule has 1 N–H and O–H groups in total. The fraction of sp³-hybridized carbons (Fsp3) is 0.462. The second kappa shape index (κ2) is 5.50. The summed E-state index contributed by atoms with van der Waals surface area (Å²) >= 11 is 0. The maximum Gasteiger partial charge on any atom is 0.244 e. The molecule has 1 heterocycles. The van der Waals surface area contributed by atoms with Crippen molar-refractivity contribution in [3.8, 4) is 0 Å². The fourth-order valence-electron chi connectivity index (χ4n) is 2.17. The molecule has 6 heteroatoms. The van der Waals surface area contributed by atoms with Crippen LogP contribution in [-0.2, 0) is 4.79 Å². The molecule has 2 rings (SSSR count). The Labute approximate surface area is 109 Å². The van der Waals surface area contributed by atoms with E-state index in [-0.39, 0.29) is 11.6 Å². The molecule has 0 bridgehead atoms. The summed E-state index contributed by atoms with van der Waals surface area (Å²) in [5.74, 6) is -3.53. The Hall–Kier alpha value is -1.72. The van der Waals surface area contributed by atoms with Crippen LogP contribution in [-0.4, -0.2) is 29.9 Å². The van der Waals surface area contributed by atoms with Crippen LogP contribution in [0, 0.1) is 17.5 Å². The highest BCUT2D eigenvalue weighted by molar-refractivity contribution is 5.84. The van der Waals surface area contributed by atoms with Crippen LogP contribution in [0.4, 0.5) is 18.9 Å². The van der Waals surface area contributed by atoms with E-state index in [4.69, 9.17) is 0 Å². The number of benzene rings is 1. The molecule has 1 aromatic carbocycles. The topological polar surface area (TPSA) is 32.3 Å². The molecule has 0 saturated carbocycles. The summed E-state index contributed by atoms with van der Waals surface area (Å²) in [5, 5.41) is 2.52. The molecule has 19 heavy (non-hydrogen) atoms. The van der Waals surface area contributed by atoms with Crippen molar-refractivity contribution in [2.75, 3.05) is 18.4 Å². The SMILES string of the molecule is CC(Nc1cc(F)cc(F)c1F)C(=O)N1CCCC1. The van der Waals surface area contributed by atoms with E-state index < -0.39 is 23.5 Å². The van der Waals surface area contributed by atoms with Gasteiger partial charge in [0.1, 0.15) is 11.9 Å². The minimum Gasteiger partial charge on any atom is -0.371 e. The molecule has 0 spiro atoms. The lowest BCUT2D eigenvalue weighted by Gasteiger charge is -2.22. The molecule has 1 atom stereocenters. The standard InChI is InChI=1S/C13H15F3N2O/c1-8(13(19)18-4-2-3-5-18)17-11-7-9(14)6-10(15)12(11)16/h6-8,17H,2-5H2,1H3. The van der Waals surface area contributed by atoms with Gasteiger partial charge < -0.3 is 10.2 Å². The number of carbonyl (C=O) groups is 1. The molecular weight excluding hydrogens is 257 g/mol. The number of halogens is 3. The molecule has 0 aliphatic carbocycles. The van der Waals surface area contributed by atoms with E-state index in [0.717, 1.165) is 18.9 Å². The van der Waals surface area contributed by atoms with Gasteiger partial charge >= 0.3 is 0 Å². The lowest BCUT2D eigenvalue weighted by atomic mass is 10.2. The van der Waals surface area contributed by atoms with Crippen LogP contribution in [0.2, 0.25) is 0 Å². The molecule has 1 aliphatic rings. The average molecular weight is 272 g/mol. The summed E-state index contributed by atoms with van der Waals surface area (Å²) < 4.78 is 39.5. The van der Waals surface area contributed by atoms with Gasteiger partial charge in [0, 0.05) is 25.2 Å². The van der Waals surface area contributed by atoms with Gasteiger partial charge in [-0.1, -0.05) is 0 Å². The zero-order chi connectivity index (χ0) is 14.0. The maximum absolute atomic E-state index is 13.5. The average Bonchev–Trinajstić information content (AvgIpc) is 2.88. The van der Waals surface area contributed by atoms with Crippen molar-refractivity contribution < 1.29 is 18.0 Å². The fourth-order valence-corrected chi connectivity index (χ4v) is 2.17. The Morgan fingerprint density at radius 1 is 1.26 bits per heavy atom. The summed E-state index contributed by atoms with van der Waals surface area (Å²) in [5.41, 5.74) is -0.336. The van der Waals surface area contributed by atoms with Crippen molar-refractivity contribution in [2.45, 2.75) is 25.8 Å². The molecular formula is C13H15F3N2O. The number of nitrogens with one attached hydrogen (secondary N) is 1. The highest BCUT2D eigenvalue weighted by atomic mass is 19.2. The van der Waals surface area contributed by atoms with E-state index in [0.29, 0.717) is 19.2 Å². The first-order valence-electron chi connectivity index (χ1n) is 6.19. The van der Waals surface area contributed by atoms with E-state index in [9.17, 15) is 18.0 Å². The first-order chi connectivity index (χ1) is 8.99. The molecule has 1 unspecified atom stereocenters. The number of carbonyl (C=O) groups excluding carboxylic acids is 1. The highest BCUT2D eigenvalue weighted by Gasteiger charge is 2.24. The van der Waals surface area contributed by atoms with E-state index >= 15 is 0 Å². The summed E-state index contributed by atoms with van der Waals surface area (Å²) in [4.78, 5) is 13.6. The number of nitrogens with zero attached hydrogens (tertiary/aromatic N) is 1. The number of amides is 1. The van der Waals surface area contributed by atoms with E-state index in [1.165, 1.54) is 0 Å². The lowest BCUT2D eigenvalue weighted by Crippen LogP contribution is -2.39. The predicted octanol–water partition coefficient (Wildman–Crippen LogP) is 2.53. The van der Waals surface area contributed by atoms with Crippen molar-refractivity contribution in [3.63, 3.8) is 0 Å². The summed E-state index contributed by atoms with van der Waals surface area (Å²) in [6.07, 6.45) is 1.89. The second-order valence-electron chi connectivity index (χ2n) is 4.65. The van der Waals surface area contributed by atoms with E-state index in [2.05, 4.69) is 5.32 Å². The molecule has 1 fully saturated rings. The van der Waals surface area contributed by atoms with Gasteiger partial charge in [-0.2, -0.15) is 0 Å². The zero-order valence-electron chi connectivity index (χ0n) is 10.5. The van der Waals surface area contributed by atoms with Crippen LogP contribution < -0.4 is 5.32 Å². The Kier molecular flexibility index (Phi) is 3.97. The normalized spacial score (nSPS) is 16.5. The monoisotopic (exact) mass is 272 g/mol. The van der Waals surface area contributed by atoms with Crippen LogP contribution in [0.3, 0.4) is 0 Å². The molecule has 3 nitrogen and oxygen atoms in total. The van der Waals surface area contributed by atoms with Gasteiger partial charge in [0.25, 0.3) is 0 Å². The third kappa shape index (κ3) is 3.00. The summed E-state index contributed by atoms with van der Waals surface area (Å²) in [6, 6.07) is 0.577. The molecule has 1 amide bonds. The van der Waals surface area contributed by atoms with Gasteiger partial charge in [0.05, 0.1) is 5.69 Å². The van der Waals surface area contributed by atoms with Crippen molar-refractivity contribution >= 4 is 11.6 Å². The van der Waals surface area contributed by atoms with Gasteiger partial charge in [0.2, 0.25) is 5.91 Å². The Bertz CT molecular complexity index is 487. The number of likely N-dealkylation sites (tertiary alicyclic amines) is 1. The number of anilines is 1. The lowest BCUT2D eigenvalue weighted by molar-refractivity contribution is -0.130.